The van der Waals surface area contributed by atoms with Crippen LogP contribution in [-0.4, -0.2) is 68.4 Å². The summed E-state index contributed by atoms with van der Waals surface area (Å²) in [6.07, 6.45) is 5.58. The van der Waals surface area contributed by atoms with E-state index in [-0.39, 0.29) is 11.9 Å². The summed E-state index contributed by atoms with van der Waals surface area (Å²) in [6, 6.07) is 10.1. The molecule has 42 heavy (non-hydrogen) atoms. The number of nitrogens with one attached hydrogen (secondary N) is 2. The summed E-state index contributed by atoms with van der Waals surface area (Å²) >= 11 is 6.40. The number of piperidine rings is 1. The van der Waals surface area contributed by atoms with Crippen LogP contribution in [0.1, 0.15) is 39.0 Å². The number of ether oxygens (including phenoxy) is 4. The predicted molar refractivity (Wildman–Crippen MR) is 161 cm³/mol. The topological polar surface area (TPSA) is 111 Å². The van der Waals surface area contributed by atoms with Crippen molar-refractivity contribution < 1.29 is 28.5 Å². The molecule has 0 aliphatic carbocycles. The lowest BCUT2D eigenvalue weighted by Gasteiger charge is -2.47. The zero-order chi connectivity index (χ0) is 29.5. The summed E-state index contributed by atoms with van der Waals surface area (Å²) in [6.45, 7) is 6.21. The summed E-state index contributed by atoms with van der Waals surface area (Å²) in [5.41, 5.74) is 1.46. The van der Waals surface area contributed by atoms with Crippen molar-refractivity contribution in [1.29, 1.82) is 0 Å². The number of amides is 3. The minimum atomic E-state index is -0.316. The smallest absolute Gasteiger partial charge is 0.319 e. The van der Waals surface area contributed by atoms with Gasteiger partial charge in [0.2, 0.25) is 5.91 Å². The molecule has 2 saturated heterocycles. The number of rotatable bonds is 11. The molecule has 1 spiro atoms. The molecule has 0 bridgehead atoms. The first-order valence-corrected chi connectivity index (χ1v) is 14.7. The summed E-state index contributed by atoms with van der Waals surface area (Å²) in [5.74, 6) is 2.31. The van der Waals surface area contributed by atoms with Gasteiger partial charge in [-0.3, -0.25) is 9.78 Å². The molecule has 1 aromatic heterocycles. The average molecular weight is 597 g/mol. The number of benzene rings is 2. The monoisotopic (exact) mass is 596 g/mol. The van der Waals surface area contributed by atoms with Crippen molar-refractivity contribution in [3.05, 3.63) is 47.6 Å². The van der Waals surface area contributed by atoms with Crippen LogP contribution < -0.4 is 24.8 Å². The van der Waals surface area contributed by atoms with Gasteiger partial charge in [-0.1, -0.05) is 18.5 Å². The minimum Gasteiger partial charge on any atom is -0.493 e. The van der Waals surface area contributed by atoms with E-state index in [1.165, 1.54) is 0 Å². The molecule has 3 aromatic rings. The number of likely N-dealkylation sites (tertiary alicyclic amines) is 1. The van der Waals surface area contributed by atoms with Gasteiger partial charge in [0.25, 0.3) is 0 Å². The molecule has 2 N–H and O–H groups in total. The highest BCUT2D eigenvalue weighted by Gasteiger charge is 2.41. The lowest BCUT2D eigenvalue weighted by molar-refractivity contribution is -0.153. The molecule has 5 rings (SSSR count). The highest BCUT2D eigenvalue weighted by atomic mass is 35.5. The van der Waals surface area contributed by atoms with Crippen LogP contribution in [0.3, 0.4) is 0 Å². The summed E-state index contributed by atoms with van der Waals surface area (Å²) in [7, 11) is 1.58. The van der Waals surface area contributed by atoms with Gasteiger partial charge in [0.1, 0.15) is 11.5 Å². The number of hydrogen-bond acceptors (Lipinski definition) is 7. The maximum absolute atomic E-state index is 12.7. The Hall–Kier alpha value is -3.76. The third-order valence-corrected chi connectivity index (χ3v) is 8.04. The van der Waals surface area contributed by atoms with Gasteiger partial charge in [-0.2, -0.15) is 0 Å². The highest BCUT2D eigenvalue weighted by molar-refractivity contribution is 6.33. The van der Waals surface area contributed by atoms with Gasteiger partial charge < -0.3 is 34.5 Å². The second-order valence-corrected chi connectivity index (χ2v) is 11.2. The van der Waals surface area contributed by atoms with Crippen LogP contribution in [0.2, 0.25) is 5.02 Å². The molecular weight excluding hydrogens is 560 g/mol. The maximum Gasteiger partial charge on any atom is 0.319 e. The number of carbonyl (C=O) groups is 2. The van der Waals surface area contributed by atoms with Crippen molar-refractivity contribution in [2.45, 2.75) is 39.0 Å². The predicted octanol–water partition coefficient (Wildman–Crippen LogP) is 6.02. The Kier molecular flexibility index (Phi) is 9.54. The zero-order valence-corrected chi connectivity index (χ0v) is 24.8. The van der Waals surface area contributed by atoms with Crippen molar-refractivity contribution in [3.63, 3.8) is 0 Å². The van der Waals surface area contributed by atoms with E-state index in [0.717, 1.165) is 51.0 Å². The van der Waals surface area contributed by atoms with E-state index in [2.05, 4.69) is 15.6 Å². The Bertz CT molecular complexity index is 1420. The minimum absolute atomic E-state index is 0.173. The normalized spacial score (nSPS) is 15.6. The first kappa shape index (κ1) is 29.7. The highest BCUT2D eigenvalue weighted by Crippen LogP contribution is 2.39. The molecule has 2 aliphatic rings. The molecule has 2 fully saturated rings. The van der Waals surface area contributed by atoms with Gasteiger partial charge in [0.15, 0.2) is 11.5 Å². The number of anilines is 1. The van der Waals surface area contributed by atoms with Crippen LogP contribution in [0.5, 0.6) is 23.0 Å². The molecule has 2 aliphatic heterocycles. The van der Waals surface area contributed by atoms with Crippen molar-refractivity contribution in [2.75, 3.05) is 51.9 Å². The number of hydrogen-bond donors (Lipinski definition) is 2. The van der Waals surface area contributed by atoms with Gasteiger partial charge in [-0.15, -0.1) is 0 Å². The number of urea groups is 1. The van der Waals surface area contributed by atoms with E-state index in [1.54, 1.807) is 37.6 Å². The second-order valence-electron chi connectivity index (χ2n) is 10.8. The van der Waals surface area contributed by atoms with E-state index in [9.17, 15) is 9.59 Å². The van der Waals surface area contributed by atoms with Gasteiger partial charge in [0, 0.05) is 55.2 Å². The fourth-order valence-electron chi connectivity index (χ4n) is 5.16. The van der Waals surface area contributed by atoms with E-state index < -0.39 is 0 Å². The number of nitrogens with zero attached hydrogens (tertiary/aromatic N) is 2. The molecule has 0 saturated carbocycles. The summed E-state index contributed by atoms with van der Waals surface area (Å²) in [4.78, 5) is 31.1. The van der Waals surface area contributed by atoms with Crippen molar-refractivity contribution in [3.8, 4) is 23.0 Å². The van der Waals surface area contributed by atoms with Crippen LogP contribution in [0.15, 0.2) is 42.6 Å². The standard InChI is InChI=1S/C31H37ClN4O6/c1-3-11-34-30(38)35-24-7-6-21(16-23(24)32)42-26-8-12-33-25-18-28(27(39-2)17-22(25)26)41-15-4-5-29(37)36-13-9-31(10-14-36)19-40-20-31/h6-8,12,16-18H,3-5,9-11,13-15,19-20H2,1-2H3,(H2,34,35,38). The molecule has 0 radical (unpaired) electrons. The van der Waals surface area contributed by atoms with Crippen molar-refractivity contribution in [2.24, 2.45) is 5.41 Å². The number of carbonyl (C=O) groups excluding carboxylic acids is 2. The van der Waals surface area contributed by atoms with Crippen LogP contribution in [-0.2, 0) is 9.53 Å². The lowest BCUT2D eigenvalue weighted by atomic mass is 9.77. The molecule has 3 amide bonds. The molecule has 0 unspecified atom stereocenters. The molecule has 0 atom stereocenters. The maximum atomic E-state index is 12.7. The van der Waals surface area contributed by atoms with Crippen LogP contribution in [0.25, 0.3) is 10.9 Å². The number of pyridine rings is 1. The summed E-state index contributed by atoms with van der Waals surface area (Å²) in [5, 5.41) is 6.56. The number of aromatic nitrogens is 1. The van der Waals surface area contributed by atoms with E-state index in [4.69, 9.17) is 30.5 Å². The van der Waals surface area contributed by atoms with Crippen molar-refractivity contribution >= 4 is 40.1 Å². The van der Waals surface area contributed by atoms with Crippen molar-refractivity contribution in [1.82, 2.24) is 15.2 Å². The van der Waals surface area contributed by atoms with Crippen LogP contribution in [0.4, 0.5) is 10.5 Å². The Morgan fingerprint density at radius 2 is 1.90 bits per heavy atom. The Labute approximate surface area is 250 Å². The molecule has 2 aromatic carbocycles. The van der Waals surface area contributed by atoms with E-state index in [1.807, 2.05) is 24.0 Å². The van der Waals surface area contributed by atoms with Crippen LogP contribution in [0, 0.1) is 5.41 Å². The lowest BCUT2D eigenvalue weighted by Crippen LogP contribution is -2.52. The Morgan fingerprint density at radius 1 is 1.10 bits per heavy atom. The van der Waals surface area contributed by atoms with Gasteiger partial charge >= 0.3 is 6.03 Å². The zero-order valence-electron chi connectivity index (χ0n) is 24.0. The second kappa shape index (κ2) is 13.5. The van der Waals surface area contributed by atoms with E-state index in [0.29, 0.717) is 70.6 Å². The fraction of sp³-hybridized carbons (Fsp3) is 0.452. The number of methoxy groups -OCH3 is 1. The molecule has 10 nitrogen and oxygen atoms in total. The summed E-state index contributed by atoms with van der Waals surface area (Å²) < 4.78 is 23.2. The Morgan fingerprint density at radius 3 is 2.60 bits per heavy atom. The number of fused-ring (bicyclic) bond motifs is 1. The first-order valence-electron chi connectivity index (χ1n) is 14.4. The molecule has 3 heterocycles. The third kappa shape index (κ3) is 6.99. The Balaban J connectivity index is 1.19. The van der Waals surface area contributed by atoms with E-state index >= 15 is 0 Å². The molecule has 11 heteroatoms. The number of halogens is 1. The first-order chi connectivity index (χ1) is 20.4. The van der Waals surface area contributed by atoms with Gasteiger partial charge in [-0.05, 0) is 49.9 Å². The van der Waals surface area contributed by atoms with Gasteiger partial charge in [0.05, 0.1) is 43.2 Å². The SMILES string of the molecule is CCCNC(=O)Nc1ccc(Oc2ccnc3cc(OCCCC(=O)N4CCC5(CC4)COC5)c(OC)cc23)cc1Cl. The molecule has 224 valence electrons. The quantitative estimate of drug-likeness (QED) is 0.260. The van der Waals surface area contributed by atoms with Crippen LogP contribution >= 0.6 is 11.6 Å². The third-order valence-electron chi connectivity index (χ3n) is 7.72. The fourth-order valence-corrected chi connectivity index (χ4v) is 5.37. The average Bonchev–Trinajstić information content (AvgIpc) is 2.98. The van der Waals surface area contributed by atoms with Gasteiger partial charge in [-0.25, -0.2) is 4.79 Å². The largest absolute Gasteiger partial charge is 0.493 e. The molecular formula is C31H37ClN4O6.